The third-order valence-electron chi connectivity index (χ3n) is 1.16. The van der Waals surface area contributed by atoms with E-state index in [1.165, 1.54) is 0 Å². The minimum absolute atomic E-state index is 0.357. The Morgan fingerprint density at radius 1 is 1.78 bits per heavy atom. The first-order chi connectivity index (χ1) is 4.16. The van der Waals surface area contributed by atoms with E-state index in [0.29, 0.717) is 5.75 Å². The van der Waals surface area contributed by atoms with Crippen LogP contribution in [0.25, 0.3) is 0 Å². The molecule has 0 aromatic carbocycles. The van der Waals surface area contributed by atoms with Crippen LogP contribution in [0.4, 0.5) is 0 Å². The third kappa shape index (κ3) is 5.73. The topological polar surface area (TPSA) is 37.3 Å². The molecule has 0 aromatic heterocycles. The van der Waals surface area contributed by atoms with Gasteiger partial charge in [0.1, 0.15) is 0 Å². The van der Waals surface area contributed by atoms with Crippen molar-refractivity contribution in [2.45, 2.75) is 20.3 Å². The average molecular weight is 148 g/mol. The van der Waals surface area contributed by atoms with E-state index in [0.717, 1.165) is 12.0 Å². The molecule has 3 heteroatoms. The van der Waals surface area contributed by atoms with Crippen LogP contribution in [0.15, 0.2) is 11.6 Å². The molecule has 1 atom stereocenters. The second-order valence-corrected chi connectivity index (χ2v) is 2.96. The maximum absolute atomic E-state index is 10.1. The van der Waals surface area contributed by atoms with Crippen molar-refractivity contribution in [3.05, 3.63) is 11.6 Å². The van der Waals surface area contributed by atoms with Crippen LogP contribution in [-0.2, 0) is 11.1 Å². The highest BCUT2D eigenvalue weighted by Crippen LogP contribution is 1.98. The summed E-state index contributed by atoms with van der Waals surface area (Å²) in [5.41, 5.74) is 1.16. The van der Waals surface area contributed by atoms with Crippen molar-refractivity contribution in [3.63, 3.8) is 0 Å². The monoisotopic (exact) mass is 148 g/mol. The Morgan fingerprint density at radius 2 is 2.33 bits per heavy atom. The van der Waals surface area contributed by atoms with E-state index in [4.69, 9.17) is 4.55 Å². The zero-order chi connectivity index (χ0) is 7.28. The van der Waals surface area contributed by atoms with Gasteiger partial charge in [-0.05, 0) is 20.3 Å². The van der Waals surface area contributed by atoms with E-state index in [9.17, 15) is 4.21 Å². The van der Waals surface area contributed by atoms with Gasteiger partial charge in [0, 0.05) is 0 Å². The molecule has 2 nitrogen and oxygen atoms in total. The van der Waals surface area contributed by atoms with Crippen LogP contribution in [0, 0.1) is 0 Å². The van der Waals surface area contributed by atoms with E-state index in [1.54, 1.807) is 0 Å². The summed E-state index contributed by atoms with van der Waals surface area (Å²) in [4.78, 5) is 0. The highest BCUT2D eigenvalue weighted by molar-refractivity contribution is 7.79. The van der Waals surface area contributed by atoms with Gasteiger partial charge in [-0.2, -0.15) is 0 Å². The molecule has 0 aliphatic carbocycles. The second-order valence-electron chi connectivity index (χ2n) is 1.91. The molecule has 1 unspecified atom stereocenters. The van der Waals surface area contributed by atoms with Crippen molar-refractivity contribution in [3.8, 4) is 0 Å². The molecule has 0 aliphatic heterocycles. The summed E-state index contributed by atoms with van der Waals surface area (Å²) in [6.07, 6.45) is 2.67. The lowest BCUT2D eigenvalue weighted by molar-refractivity contribution is 0.563. The highest BCUT2D eigenvalue weighted by Gasteiger charge is 1.92. The predicted octanol–water partition coefficient (Wildman–Crippen LogP) is 1.56. The van der Waals surface area contributed by atoms with Crippen molar-refractivity contribution in [2.24, 2.45) is 0 Å². The molecular weight excluding hydrogens is 136 g/mol. The molecule has 0 aliphatic rings. The predicted molar refractivity (Wildman–Crippen MR) is 39.7 cm³/mol. The molecule has 54 valence electrons. The van der Waals surface area contributed by atoms with Gasteiger partial charge < -0.3 is 4.55 Å². The largest absolute Gasteiger partial charge is 0.306 e. The normalized spacial score (nSPS) is 15.7. The quantitative estimate of drug-likeness (QED) is 0.487. The van der Waals surface area contributed by atoms with Crippen molar-refractivity contribution < 1.29 is 8.76 Å². The number of hydrogen-bond acceptors (Lipinski definition) is 1. The highest BCUT2D eigenvalue weighted by atomic mass is 32.2. The van der Waals surface area contributed by atoms with E-state index < -0.39 is 11.1 Å². The summed E-state index contributed by atoms with van der Waals surface area (Å²) in [6, 6.07) is 0. The van der Waals surface area contributed by atoms with Crippen molar-refractivity contribution in [2.75, 3.05) is 5.75 Å². The van der Waals surface area contributed by atoms with Crippen LogP contribution < -0.4 is 0 Å². The molecule has 1 N–H and O–H groups in total. The molecular formula is C6H12O2S. The Morgan fingerprint density at radius 3 is 2.67 bits per heavy atom. The zero-order valence-corrected chi connectivity index (χ0v) is 6.57. The lowest BCUT2D eigenvalue weighted by Crippen LogP contribution is -1.94. The van der Waals surface area contributed by atoms with Gasteiger partial charge in [0.25, 0.3) is 0 Å². The van der Waals surface area contributed by atoms with Crippen molar-refractivity contribution >= 4 is 11.1 Å². The molecule has 0 saturated heterocycles. The molecule has 0 saturated carbocycles. The van der Waals surface area contributed by atoms with Crippen molar-refractivity contribution in [1.82, 2.24) is 0 Å². The summed E-state index contributed by atoms with van der Waals surface area (Å²) >= 11 is -1.63. The van der Waals surface area contributed by atoms with Crippen LogP contribution in [-0.4, -0.2) is 14.5 Å². The summed E-state index contributed by atoms with van der Waals surface area (Å²) in [5, 5.41) is 0. The molecule has 0 fully saturated rings. The Hall–Kier alpha value is -0.150. The minimum Gasteiger partial charge on any atom is -0.306 e. The van der Waals surface area contributed by atoms with Gasteiger partial charge in [-0.1, -0.05) is 11.6 Å². The molecule has 9 heavy (non-hydrogen) atoms. The lowest BCUT2D eigenvalue weighted by atomic mass is 10.2. The summed E-state index contributed by atoms with van der Waals surface area (Å²) in [7, 11) is 0. The van der Waals surface area contributed by atoms with Gasteiger partial charge in [-0.15, -0.1) is 0 Å². The summed E-state index contributed by atoms with van der Waals surface area (Å²) in [5.74, 6) is 0.357. The second kappa shape index (κ2) is 4.70. The fourth-order valence-corrected chi connectivity index (χ4v) is 0.889. The third-order valence-corrected chi connectivity index (χ3v) is 1.72. The van der Waals surface area contributed by atoms with Gasteiger partial charge in [0.2, 0.25) is 0 Å². The van der Waals surface area contributed by atoms with E-state index >= 15 is 0 Å². The molecule has 0 rings (SSSR count). The van der Waals surface area contributed by atoms with Gasteiger partial charge in [-0.3, -0.25) is 0 Å². The van der Waals surface area contributed by atoms with E-state index in [-0.39, 0.29) is 0 Å². The first kappa shape index (κ1) is 8.85. The first-order valence-corrected chi connectivity index (χ1v) is 4.13. The molecule has 0 spiro atoms. The Balaban J connectivity index is 3.39. The van der Waals surface area contributed by atoms with Gasteiger partial charge in [0.15, 0.2) is 11.1 Å². The van der Waals surface area contributed by atoms with Crippen molar-refractivity contribution in [1.29, 1.82) is 0 Å². The number of rotatable bonds is 3. The Labute approximate surface area is 58.3 Å². The molecule has 0 amide bonds. The van der Waals surface area contributed by atoms with E-state index in [1.807, 2.05) is 19.9 Å². The maximum atomic E-state index is 10.1. The first-order valence-electron chi connectivity index (χ1n) is 2.86. The average Bonchev–Trinajstić information content (AvgIpc) is 1.83. The standard InChI is InChI=1S/C6H12O2S/c1-3-6(2)4-5-9(7)8/h3H,4-5H2,1-2H3,(H,7,8). The fourth-order valence-electron chi connectivity index (χ4n) is 0.393. The smallest absolute Gasteiger partial charge is 0.153 e. The zero-order valence-electron chi connectivity index (χ0n) is 5.76. The molecule has 0 bridgehead atoms. The maximum Gasteiger partial charge on any atom is 0.153 e. The van der Waals surface area contributed by atoms with Crippen LogP contribution in [0.3, 0.4) is 0 Å². The number of hydrogen-bond donors (Lipinski definition) is 1. The summed E-state index contributed by atoms with van der Waals surface area (Å²) < 4.78 is 18.4. The van der Waals surface area contributed by atoms with Crippen LogP contribution >= 0.6 is 0 Å². The van der Waals surface area contributed by atoms with Gasteiger partial charge in [-0.25, -0.2) is 4.21 Å². The molecule has 0 aromatic rings. The van der Waals surface area contributed by atoms with Crippen LogP contribution in [0.1, 0.15) is 20.3 Å². The molecule has 0 radical (unpaired) electrons. The Bertz CT molecular complexity index is 129. The van der Waals surface area contributed by atoms with Crippen LogP contribution in [0.2, 0.25) is 0 Å². The van der Waals surface area contributed by atoms with Gasteiger partial charge >= 0.3 is 0 Å². The van der Waals surface area contributed by atoms with E-state index in [2.05, 4.69) is 0 Å². The lowest BCUT2D eigenvalue weighted by Gasteiger charge is -1.94. The molecule has 0 heterocycles. The minimum atomic E-state index is -1.63. The van der Waals surface area contributed by atoms with Gasteiger partial charge in [0.05, 0.1) is 5.75 Å². The fraction of sp³-hybridized carbons (Fsp3) is 0.667. The number of allylic oxidation sites excluding steroid dienone is 2. The Kier molecular flexibility index (Phi) is 4.62. The van der Waals surface area contributed by atoms with Crippen LogP contribution in [0.5, 0.6) is 0 Å². The SMILES string of the molecule is CC=C(C)CCS(=O)O. The summed E-state index contributed by atoms with van der Waals surface area (Å²) in [6.45, 7) is 3.88.